The molecule has 0 radical (unpaired) electrons. The largest absolute Gasteiger partial charge is 0.358 e. The van der Waals surface area contributed by atoms with Gasteiger partial charge in [0.15, 0.2) is 5.11 Å². The molecule has 0 fully saturated rings. The highest BCUT2D eigenvalue weighted by atomic mass is 32.1. The van der Waals surface area contributed by atoms with E-state index in [9.17, 15) is 0 Å². The van der Waals surface area contributed by atoms with E-state index in [2.05, 4.69) is 22.7 Å². The first kappa shape index (κ1) is 8.39. The molecule has 0 aliphatic heterocycles. The van der Waals surface area contributed by atoms with E-state index in [0.717, 1.165) is 0 Å². The summed E-state index contributed by atoms with van der Waals surface area (Å²) in [4.78, 5) is 0. The number of hydrazine groups is 1. The van der Waals surface area contributed by atoms with Gasteiger partial charge in [-0.25, -0.2) is 5.43 Å². The van der Waals surface area contributed by atoms with Crippen LogP contribution in [-0.4, -0.2) is 18.7 Å². The molecule has 0 aromatic rings. The zero-order valence-electron chi connectivity index (χ0n) is 5.40. The van der Waals surface area contributed by atoms with Crippen LogP contribution in [0.1, 0.15) is 0 Å². The Labute approximate surface area is 60.5 Å². The molecule has 0 rings (SSSR count). The van der Waals surface area contributed by atoms with Gasteiger partial charge in [0.25, 0.3) is 0 Å². The van der Waals surface area contributed by atoms with Crippen molar-refractivity contribution in [1.29, 1.82) is 0 Å². The van der Waals surface area contributed by atoms with E-state index >= 15 is 0 Å². The summed E-state index contributed by atoms with van der Waals surface area (Å²) in [5, 5.41) is 3.45. The summed E-state index contributed by atoms with van der Waals surface area (Å²) in [6.07, 6.45) is 1.74. The molecule has 52 valence electrons. The number of hydrogen-bond acceptors (Lipinski definition) is 2. The third-order valence-corrected chi connectivity index (χ3v) is 0.892. The lowest BCUT2D eigenvalue weighted by Crippen LogP contribution is -2.41. The molecule has 0 aromatic carbocycles. The molecule has 3 nitrogen and oxygen atoms in total. The zero-order chi connectivity index (χ0) is 7.11. The minimum atomic E-state index is 0.581. The number of rotatable bonds is 3. The second-order valence-corrected chi connectivity index (χ2v) is 1.78. The normalized spacial score (nSPS) is 8.11. The molecule has 3 N–H and O–H groups in total. The Balaban J connectivity index is 3.16. The van der Waals surface area contributed by atoms with Gasteiger partial charge >= 0.3 is 0 Å². The Kier molecular flexibility index (Phi) is 5.15. The fraction of sp³-hybridized carbons (Fsp3) is 0.400. The monoisotopic (exact) mass is 145 g/mol. The molecular formula is C5H11N3S. The van der Waals surface area contributed by atoms with Gasteiger partial charge in [0, 0.05) is 13.6 Å². The van der Waals surface area contributed by atoms with Crippen molar-refractivity contribution in [3.8, 4) is 0 Å². The Morgan fingerprint density at radius 2 is 2.44 bits per heavy atom. The van der Waals surface area contributed by atoms with Gasteiger partial charge in [0.1, 0.15) is 0 Å². The van der Waals surface area contributed by atoms with Crippen molar-refractivity contribution in [1.82, 2.24) is 16.2 Å². The van der Waals surface area contributed by atoms with Crippen molar-refractivity contribution in [3.63, 3.8) is 0 Å². The highest BCUT2D eigenvalue weighted by molar-refractivity contribution is 7.80. The standard InChI is InChI=1S/C5H11N3S/c1-3-4-7-5(9)8-6-2/h3,6H,1,4H2,2H3,(H2,7,8,9). The van der Waals surface area contributed by atoms with Crippen LogP contribution in [0.4, 0.5) is 0 Å². The van der Waals surface area contributed by atoms with Crippen LogP contribution in [0.15, 0.2) is 12.7 Å². The van der Waals surface area contributed by atoms with Crippen molar-refractivity contribution < 1.29 is 0 Å². The van der Waals surface area contributed by atoms with Crippen LogP contribution in [0.2, 0.25) is 0 Å². The minimum Gasteiger partial charge on any atom is -0.358 e. The lowest BCUT2D eigenvalue weighted by atomic mass is 10.6. The predicted molar refractivity (Wildman–Crippen MR) is 43.0 cm³/mol. The molecule has 0 unspecified atom stereocenters. The van der Waals surface area contributed by atoms with Crippen molar-refractivity contribution in [2.75, 3.05) is 13.6 Å². The van der Waals surface area contributed by atoms with Gasteiger partial charge in [-0.2, -0.15) is 0 Å². The number of nitrogens with one attached hydrogen (secondary N) is 3. The van der Waals surface area contributed by atoms with E-state index in [1.807, 2.05) is 0 Å². The van der Waals surface area contributed by atoms with Crippen LogP contribution in [-0.2, 0) is 0 Å². The van der Waals surface area contributed by atoms with Crippen LogP contribution in [0.3, 0.4) is 0 Å². The summed E-state index contributed by atoms with van der Waals surface area (Å²) in [7, 11) is 1.75. The van der Waals surface area contributed by atoms with Gasteiger partial charge in [0.2, 0.25) is 0 Å². The summed E-state index contributed by atoms with van der Waals surface area (Å²) >= 11 is 4.79. The molecule has 4 heteroatoms. The summed E-state index contributed by atoms with van der Waals surface area (Å²) in [5.74, 6) is 0. The van der Waals surface area contributed by atoms with Crippen LogP contribution < -0.4 is 16.2 Å². The van der Waals surface area contributed by atoms with Crippen molar-refractivity contribution >= 4 is 17.3 Å². The lowest BCUT2D eigenvalue weighted by Gasteiger charge is -2.05. The van der Waals surface area contributed by atoms with Crippen molar-refractivity contribution in [2.45, 2.75) is 0 Å². The fourth-order valence-electron chi connectivity index (χ4n) is 0.323. The van der Waals surface area contributed by atoms with Gasteiger partial charge < -0.3 is 5.32 Å². The van der Waals surface area contributed by atoms with Gasteiger partial charge in [0.05, 0.1) is 0 Å². The number of thiocarbonyl (C=S) groups is 1. The molecule has 0 amide bonds. The van der Waals surface area contributed by atoms with E-state index in [1.165, 1.54) is 0 Å². The first-order valence-electron chi connectivity index (χ1n) is 2.62. The smallest absolute Gasteiger partial charge is 0.181 e. The average Bonchev–Trinajstić information content (AvgIpc) is 1.85. The molecule has 0 heterocycles. The molecule has 9 heavy (non-hydrogen) atoms. The van der Waals surface area contributed by atoms with Gasteiger partial charge in [-0.3, -0.25) is 5.43 Å². The van der Waals surface area contributed by atoms with E-state index in [1.54, 1.807) is 13.1 Å². The van der Waals surface area contributed by atoms with Gasteiger partial charge in [-0.15, -0.1) is 6.58 Å². The van der Waals surface area contributed by atoms with Crippen LogP contribution >= 0.6 is 12.2 Å². The first-order chi connectivity index (χ1) is 4.31. The molecule has 0 saturated heterocycles. The molecule has 0 aromatic heterocycles. The topological polar surface area (TPSA) is 36.1 Å². The van der Waals surface area contributed by atoms with Crippen LogP contribution in [0, 0.1) is 0 Å². The first-order valence-corrected chi connectivity index (χ1v) is 3.03. The Bertz CT molecular complexity index is 102. The third-order valence-electron chi connectivity index (χ3n) is 0.645. The summed E-state index contributed by atoms with van der Waals surface area (Å²) in [5.41, 5.74) is 5.39. The molecule has 0 aliphatic carbocycles. The minimum absolute atomic E-state index is 0.581. The summed E-state index contributed by atoms with van der Waals surface area (Å²) < 4.78 is 0. The number of hydrogen-bond donors (Lipinski definition) is 3. The van der Waals surface area contributed by atoms with Gasteiger partial charge in [-0.05, 0) is 12.2 Å². The molecule has 0 saturated carbocycles. The zero-order valence-corrected chi connectivity index (χ0v) is 6.22. The van der Waals surface area contributed by atoms with Crippen molar-refractivity contribution in [3.05, 3.63) is 12.7 Å². The second-order valence-electron chi connectivity index (χ2n) is 1.37. The van der Waals surface area contributed by atoms with Gasteiger partial charge in [-0.1, -0.05) is 6.08 Å². The Morgan fingerprint density at radius 1 is 1.78 bits per heavy atom. The maximum Gasteiger partial charge on any atom is 0.181 e. The molecule has 0 aliphatic rings. The van der Waals surface area contributed by atoms with E-state index in [0.29, 0.717) is 11.7 Å². The lowest BCUT2D eigenvalue weighted by molar-refractivity contribution is 0.751. The molecular weight excluding hydrogens is 134 g/mol. The summed E-state index contributed by atoms with van der Waals surface area (Å²) in [6, 6.07) is 0. The maximum atomic E-state index is 4.79. The Hall–Kier alpha value is -0.610. The van der Waals surface area contributed by atoms with Crippen molar-refractivity contribution in [2.24, 2.45) is 0 Å². The van der Waals surface area contributed by atoms with E-state index in [-0.39, 0.29) is 0 Å². The van der Waals surface area contributed by atoms with Crippen LogP contribution in [0.5, 0.6) is 0 Å². The molecule has 0 bridgehead atoms. The predicted octanol–water partition coefficient (Wildman–Crippen LogP) is -0.229. The highest BCUT2D eigenvalue weighted by Gasteiger charge is 1.85. The second kappa shape index (κ2) is 5.53. The highest BCUT2D eigenvalue weighted by Crippen LogP contribution is 1.62. The third kappa shape index (κ3) is 5.26. The SMILES string of the molecule is C=CCNC(=S)NNC. The summed E-state index contributed by atoms with van der Waals surface area (Å²) in [6.45, 7) is 4.21. The van der Waals surface area contributed by atoms with E-state index in [4.69, 9.17) is 12.2 Å². The van der Waals surface area contributed by atoms with Crippen LogP contribution in [0.25, 0.3) is 0 Å². The average molecular weight is 145 g/mol. The molecule has 0 atom stereocenters. The quantitative estimate of drug-likeness (QED) is 0.291. The molecule has 0 spiro atoms. The fourth-order valence-corrected chi connectivity index (χ4v) is 0.508. The maximum absolute atomic E-state index is 4.79. The Morgan fingerprint density at radius 3 is 2.89 bits per heavy atom. The van der Waals surface area contributed by atoms with E-state index < -0.39 is 0 Å².